The molecule has 3 N–H and O–H groups in total. The lowest BCUT2D eigenvalue weighted by Crippen LogP contribution is -2.61. The van der Waals surface area contributed by atoms with E-state index in [9.17, 15) is 32.8 Å². The van der Waals surface area contributed by atoms with Crippen LogP contribution in [0.4, 0.5) is 18.9 Å². The van der Waals surface area contributed by atoms with Gasteiger partial charge in [-0.15, -0.1) is 0 Å². The van der Waals surface area contributed by atoms with Gasteiger partial charge in [0.05, 0.1) is 27.9 Å². The van der Waals surface area contributed by atoms with Crippen LogP contribution in [-0.2, 0) is 17.4 Å². The van der Waals surface area contributed by atoms with Crippen LogP contribution in [0.25, 0.3) is 0 Å². The molecule has 4 rings (SSSR count). The molecule has 0 bridgehead atoms. The number of benzene rings is 1. The van der Waals surface area contributed by atoms with Gasteiger partial charge in [-0.3, -0.25) is 14.4 Å². The summed E-state index contributed by atoms with van der Waals surface area (Å²) in [6.45, 7) is 0. The molecule has 1 aliphatic rings. The molecule has 1 fully saturated rings. The number of halogens is 4. The van der Waals surface area contributed by atoms with Gasteiger partial charge in [-0.05, 0) is 18.2 Å². The average Bonchev–Trinajstić information content (AvgIpc) is 3.42. The number of nitrogens with zero attached hydrogens (tertiary/aromatic N) is 4. The van der Waals surface area contributed by atoms with Crippen LogP contribution in [0, 0.1) is 17.1 Å². The molecular formula is C21H15ClF3N7O3. The van der Waals surface area contributed by atoms with Crippen LogP contribution in [0.2, 0.25) is 5.02 Å². The van der Waals surface area contributed by atoms with Crippen LogP contribution < -0.4 is 10.6 Å². The van der Waals surface area contributed by atoms with Gasteiger partial charge in [0.25, 0.3) is 23.5 Å². The van der Waals surface area contributed by atoms with E-state index in [1.54, 1.807) is 6.07 Å². The Kier molecular flexibility index (Phi) is 5.85. The highest BCUT2D eigenvalue weighted by atomic mass is 35.5. The van der Waals surface area contributed by atoms with E-state index in [1.165, 1.54) is 13.1 Å². The van der Waals surface area contributed by atoms with E-state index in [0.717, 1.165) is 29.1 Å². The second kappa shape index (κ2) is 8.55. The number of anilines is 1. The number of aromatic nitrogens is 4. The van der Waals surface area contributed by atoms with Gasteiger partial charge >= 0.3 is 0 Å². The Morgan fingerprint density at radius 1 is 1.29 bits per heavy atom. The summed E-state index contributed by atoms with van der Waals surface area (Å²) in [6.07, 6.45) is 0.678. The van der Waals surface area contributed by atoms with Crippen molar-refractivity contribution in [3.63, 3.8) is 0 Å². The lowest BCUT2D eigenvalue weighted by molar-refractivity contribution is -0.148. The van der Waals surface area contributed by atoms with Crippen LogP contribution in [-0.4, -0.2) is 43.5 Å². The number of aromatic amines is 1. The third-order valence-corrected chi connectivity index (χ3v) is 5.81. The Labute approximate surface area is 200 Å². The van der Waals surface area contributed by atoms with Crippen molar-refractivity contribution < 1.29 is 27.6 Å². The van der Waals surface area contributed by atoms with Crippen molar-refractivity contribution in [2.45, 2.75) is 24.3 Å². The van der Waals surface area contributed by atoms with Crippen molar-refractivity contribution in [3.8, 4) is 6.07 Å². The maximum absolute atomic E-state index is 13.7. The topological polar surface area (TPSA) is 146 Å². The van der Waals surface area contributed by atoms with E-state index >= 15 is 0 Å². The van der Waals surface area contributed by atoms with E-state index in [2.05, 4.69) is 26.0 Å². The first kappa shape index (κ1) is 24.0. The predicted octanol–water partition coefficient (Wildman–Crippen LogP) is 2.68. The summed E-state index contributed by atoms with van der Waals surface area (Å²) in [4.78, 5) is 38.4. The molecule has 14 heteroatoms. The maximum atomic E-state index is 13.7. The van der Waals surface area contributed by atoms with Gasteiger partial charge in [0.15, 0.2) is 0 Å². The molecule has 0 spiro atoms. The summed E-state index contributed by atoms with van der Waals surface area (Å²) in [5, 5.41) is 23.7. The molecule has 180 valence electrons. The van der Waals surface area contributed by atoms with Crippen LogP contribution in [0.5, 0.6) is 0 Å². The molecule has 0 radical (unpaired) electrons. The number of alkyl halides is 2. The van der Waals surface area contributed by atoms with E-state index in [1.807, 2.05) is 0 Å². The highest BCUT2D eigenvalue weighted by Crippen LogP contribution is 2.51. The predicted molar refractivity (Wildman–Crippen MR) is 114 cm³/mol. The summed E-state index contributed by atoms with van der Waals surface area (Å²) in [7, 11) is 1.37. The normalized spacial score (nSPS) is 15.5. The number of carbonyl (C=O) groups excluding carboxylic acids is 3. The van der Waals surface area contributed by atoms with Crippen LogP contribution >= 0.6 is 11.6 Å². The molecule has 2 amide bonds. The zero-order chi connectivity index (χ0) is 25.5. The first-order valence-electron chi connectivity index (χ1n) is 9.93. The maximum Gasteiger partial charge on any atom is 0.293 e. The number of amides is 2. The number of hydrogen-bond donors (Lipinski definition) is 3. The molecule has 0 atom stereocenters. The first-order valence-corrected chi connectivity index (χ1v) is 10.3. The third-order valence-electron chi connectivity index (χ3n) is 5.52. The van der Waals surface area contributed by atoms with E-state index in [4.69, 9.17) is 11.6 Å². The SMILES string of the molecule is Cn1cc(C(=O)C(=O)NC2(c3cn[nH]n3)CC(F)(F)C2)c(C#N)c1C(=O)Nc1ccc(F)c(Cl)c1. The van der Waals surface area contributed by atoms with E-state index in [-0.39, 0.29) is 22.1 Å². The molecule has 1 aromatic carbocycles. The first-order chi connectivity index (χ1) is 16.5. The van der Waals surface area contributed by atoms with Crippen molar-refractivity contribution >= 4 is 34.9 Å². The molecule has 35 heavy (non-hydrogen) atoms. The highest BCUT2D eigenvalue weighted by Gasteiger charge is 2.60. The smallest absolute Gasteiger partial charge is 0.293 e. The fraction of sp³-hybridized carbons (Fsp3) is 0.238. The van der Waals surface area contributed by atoms with Crippen molar-refractivity contribution in [3.05, 3.63) is 63.9 Å². The van der Waals surface area contributed by atoms with Gasteiger partial charge in [-0.25, -0.2) is 13.2 Å². The third kappa shape index (κ3) is 4.35. The largest absolute Gasteiger partial charge is 0.345 e. The lowest BCUT2D eigenvalue weighted by Gasteiger charge is -2.46. The second-order valence-corrected chi connectivity index (χ2v) is 8.41. The average molecular weight is 506 g/mol. The number of Topliss-reactive ketones (excluding diaryl/α,β-unsaturated/α-hetero) is 1. The number of nitriles is 1. The number of hydrogen-bond acceptors (Lipinski definition) is 6. The van der Waals surface area contributed by atoms with Crippen molar-refractivity contribution in [1.82, 2.24) is 25.3 Å². The van der Waals surface area contributed by atoms with Crippen molar-refractivity contribution in [2.75, 3.05) is 5.32 Å². The van der Waals surface area contributed by atoms with Crippen molar-refractivity contribution in [1.29, 1.82) is 5.26 Å². The second-order valence-electron chi connectivity index (χ2n) is 8.00. The van der Waals surface area contributed by atoms with Gasteiger partial charge in [-0.1, -0.05) is 11.6 Å². The number of ketones is 1. The minimum absolute atomic E-state index is 0.0242. The Bertz CT molecular complexity index is 1390. The molecule has 0 aliphatic heterocycles. The summed E-state index contributed by atoms with van der Waals surface area (Å²) < 4.78 is 41.9. The number of H-pyrrole nitrogens is 1. The number of rotatable bonds is 6. The lowest BCUT2D eigenvalue weighted by atomic mass is 9.71. The molecule has 2 heterocycles. The van der Waals surface area contributed by atoms with Crippen molar-refractivity contribution in [2.24, 2.45) is 7.05 Å². The monoisotopic (exact) mass is 505 g/mol. The number of carbonyl (C=O) groups is 3. The zero-order valence-electron chi connectivity index (χ0n) is 17.8. The minimum Gasteiger partial charge on any atom is -0.345 e. The molecule has 1 saturated carbocycles. The summed E-state index contributed by atoms with van der Waals surface area (Å²) in [6, 6.07) is 5.15. The molecule has 10 nitrogen and oxygen atoms in total. The number of aryl methyl sites for hydroxylation is 1. The Balaban J connectivity index is 1.59. The Morgan fingerprint density at radius 2 is 2.00 bits per heavy atom. The Hall–Kier alpha value is -4.18. The van der Waals surface area contributed by atoms with Gasteiger partial charge in [0, 0.05) is 31.8 Å². The van der Waals surface area contributed by atoms with E-state index < -0.39 is 58.8 Å². The molecule has 2 aromatic heterocycles. The van der Waals surface area contributed by atoms with E-state index in [0.29, 0.717) is 0 Å². The fourth-order valence-corrected chi connectivity index (χ4v) is 4.12. The molecule has 1 aliphatic carbocycles. The van der Waals surface area contributed by atoms with Gasteiger partial charge < -0.3 is 15.2 Å². The van der Waals surface area contributed by atoms with Gasteiger partial charge in [0.1, 0.15) is 23.3 Å². The molecule has 0 unspecified atom stereocenters. The van der Waals surface area contributed by atoms with Crippen LogP contribution in [0.15, 0.2) is 30.6 Å². The summed E-state index contributed by atoms with van der Waals surface area (Å²) in [5.41, 5.74) is -2.55. The Morgan fingerprint density at radius 3 is 2.57 bits per heavy atom. The summed E-state index contributed by atoms with van der Waals surface area (Å²) >= 11 is 5.71. The number of nitrogens with one attached hydrogen (secondary N) is 3. The van der Waals surface area contributed by atoms with Crippen LogP contribution in [0.3, 0.4) is 0 Å². The zero-order valence-corrected chi connectivity index (χ0v) is 18.6. The summed E-state index contributed by atoms with van der Waals surface area (Å²) in [5.74, 6) is -7.08. The van der Waals surface area contributed by atoms with Crippen LogP contribution in [0.1, 0.15) is 44.9 Å². The fourth-order valence-electron chi connectivity index (χ4n) is 3.94. The quantitative estimate of drug-likeness (QED) is 0.347. The minimum atomic E-state index is -3.08. The molecule has 3 aromatic rings. The molecular weight excluding hydrogens is 491 g/mol. The highest BCUT2D eigenvalue weighted by molar-refractivity contribution is 6.43. The standard InChI is InChI=1S/C21H15ClF3N7O3/c1-32-7-12(11(5-26)16(32)18(34)28-10-2-3-14(23)13(22)4-10)17(33)19(35)29-20(8-21(24,25)9-20)15-6-27-31-30-15/h2-4,6-7H,8-9H2,1H3,(H,28,34)(H,29,35)(H,27,30,31). The van der Waals surface area contributed by atoms with Gasteiger partial charge in [-0.2, -0.15) is 20.7 Å². The molecule has 0 saturated heterocycles. The van der Waals surface area contributed by atoms with Gasteiger partial charge in [0.2, 0.25) is 0 Å².